The summed E-state index contributed by atoms with van der Waals surface area (Å²) in [6.45, 7) is 4.94. The Morgan fingerprint density at radius 1 is 1.38 bits per heavy atom. The Morgan fingerprint density at radius 3 is 2.54 bits per heavy atom. The summed E-state index contributed by atoms with van der Waals surface area (Å²) in [5.41, 5.74) is 1.11. The highest BCUT2D eigenvalue weighted by molar-refractivity contribution is 5.19. The Morgan fingerprint density at radius 2 is 2.00 bits per heavy atom. The molecule has 0 heterocycles. The van der Waals surface area contributed by atoms with Crippen LogP contribution in [-0.2, 0) is 0 Å². The molecule has 0 spiro atoms. The predicted molar refractivity (Wildman–Crippen MR) is 52.8 cm³/mol. The standard InChI is InChI=1S/C11H15FN/c1-3-8-13-9(2)10-4-6-11(12)7-5-10/h3-7,9,13H,8H2,1-2H3/t9-/m0/s1. The highest BCUT2D eigenvalue weighted by Gasteiger charge is 2.02. The first-order valence-electron chi connectivity index (χ1n) is 4.50. The molecule has 1 aromatic rings. The van der Waals surface area contributed by atoms with Gasteiger partial charge in [0.2, 0.25) is 0 Å². The average Bonchev–Trinajstić information content (AvgIpc) is 2.15. The summed E-state index contributed by atoms with van der Waals surface area (Å²) in [6.07, 6.45) is 2.06. The molecular weight excluding hydrogens is 165 g/mol. The molecule has 0 amide bonds. The van der Waals surface area contributed by atoms with Crippen LogP contribution < -0.4 is 5.32 Å². The zero-order valence-electron chi connectivity index (χ0n) is 8.05. The summed E-state index contributed by atoms with van der Waals surface area (Å²) in [4.78, 5) is 0. The highest BCUT2D eigenvalue weighted by atomic mass is 19.1. The van der Waals surface area contributed by atoms with Crippen molar-refractivity contribution in [2.45, 2.75) is 19.9 Å². The van der Waals surface area contributed by atoms with E-state index in [1.165, 1.54) is 12.1 Å². The molecule has 0 saturated heterocycles. The zero-order valence-corrected chi connectivity index (χ0v) is 8.05. The summed E-state index contributed by atoms with van der Waals surface area (Å²) in [5.74, 6) is -0.182. The molecule has 0 saturated carbocycles. The molecule has 0 fully saturated rings. The van der Waals surface area contributed by atoms with Crippen LogP contribution in [0.15, 0.2) is 24.3 Å². The van der Waals surface area contributed by atoms with Crippen molar-refractivity contribution in [3.63, 3.8) is 0 Å². The minimum Gasteiger partial charge on any atom is -0.310 e. The van der Waals surface area contributed by atoms with Gasteiger partial charge >= 0.3 is 0 Å². The maximum absolute atomic E-state index is 12.6. The van der Waals surface area contributed by atoms with Crippen molar-refractivity contribution in [2.75, 3.05) is 6.54 Å². The van der Waals surface area contributed by atoms with Crippen LogP contribution in [0.1, 0.15) is 25.5 Å². The van der Waals surface area contributed by atoms with E-state index >= 15 is 0 Å². The maximum atomic E-state index is 12.6. The molecule has 1 radical (unpaired) electrons. The SMILES string of the molecule is C[CH]CN[C@@H](C)c1ccc(F)cc1. The molecule has 71 valence electrons. The average molecular weight is 180 g/mol. The van der Waals surface area contributed by atoms with E-state index < -0.39 is 0 Å². The van der Waals surface area contributed by atoms with E-state index in [0.717, 1.165) is 12.1 Å². The van der Waals surface area contributed by atoms with Crippen LogP contribution in [-0.4, -0.2) is 6.54 Å². The number of hydrogen-bond donors (Lipinski definition) is 1. The first-order valence-corrected chi connectivity index (χ1v) is 4.50. The lowest BCUT2D eigenvalue weighted by Gasteiger charge is -2.12. The fraction of sp³-hybridized carbons (Fsp3) is 0.364. The monoisotopic (exact) mass is 180 g/mol. The van der Waals surface area contributed by atoms with Crippen molar-refractivity contribution < 1.29 is 4.39 Å². The van der Waals surface area contributed by atoms with Crippen LogP contribution in [0.5, 0.6) is 0 Å². The maximum Gasteiger partial charge on any atom is 0.123 e. The normalized spacial score (nSPS) is 12.8. The third-order valence-corrected chi connectivity index (χ3v) is 2.00. The molecule has 1 nitrogen and oxygen atoms in total. The lowest BCUT2D eigenvalue weighted by molar-refractivity contribution is 0.597. The number of halogens is 1. The Balaban J connectivity index is 2.55. The molecule has 1 N–H and O–H groups in total. The van der Waals surface area contributed by atoms with Crippen LogP contribution in [0, 0.1) is 12.2 Å². The molecule has 1 aromatic carbocycles. The number of hydrogen-bond acceptors (Lipinski definition) is 1. The van der Waals surface area contributed by atoms with Gasteiger partial charge in [-0.15, -0.1) is 0 Å². The van der Waals surface area contributed by atoms with Crippen LogP contribution in [0.2, 0.25) is 0 Å². The van der Waals surface area contributed by atoms with E-state index in [0.29, 0.717) is 0 Å². The quantitative estimate of drug-likeness (QED) is 0.751. The molecule has 1 atom stereocenters. The Labute approximate surface area is 79.0 Å². The molecule has 2 heteroatoms. The first kappa shape index (κ1) is 10.2. The topological polar surface area (TPSA) is 12.0 Å². The van der Waals surface area contributed by atoms with Crippen LogP contribution in [0.3, 0.4) is 0 Å². The minimum atomic E-state index is -0.182. The van der Waals surface area contributed by atoms with Crippen molar-refractivity contribution in [3.8, 4) is 0 Å². The predicted octanol–water partition coefficient (Wildman–Crippen LogP) is 2.70. The number of rotatable bonds is 4. The Hall–Kier alpha value is -0.890. The van der Waals surface area contributed by atoms with E-state index in [-0.39, 0.29) is 11.9 Å². The van der Waals surface area contributed by atoms with Gasteiger partial charge in [0.25, 0.3) is 0 Å². The molecule has 1 rings (SSSR count). The molecular formula is C11H15FN. The first-order chi connectivity index (χ1) is 6.24. The highest BCUT2D eigenvalue weighted by Crippen LogP contribution is 2.12. The summed E-state index contributed by atoms with van der Waals surface area (Å²) >= 11 is 0. The fourth-order valence-electron chi connectivity index (χ4n) is 1.16. The molecule has 0 unspecified atom stereocenters. The van der Waals surface area contributed by atoms with E-state index in [1.54, 1.807) is 0 Å². The van der Waals surface area contributed by atoms with Gasteiger partial charge in [-0.1, -0.05) is 19.1 Å². The molecule has 0 bridgehead atoms. The Kier molecular flexibility index (Phi) is 3.90. The molecule has 0 aliphatic carbocycles. The van der Waals surface area contributed by atoms with E-state index in [4.69, 9.17) is 0 Å². The molecule has 0 aliphatic heterocycles. The number of nitrogens with one attached hydrogen (secondary N) is 1. The van der Waals surface area contributed by atoms with Crippen LogP contribution in [0.4, 0.5) is 4.39 Å². The van der Waals surface area contributed by atoms with Gasteiger partial charge < -0.3 is 5.32 Å². The van der Waals surface area contributed by atoms with E-state index in [9.17, 15) is 4.39 Å². The van der Waals surface area contributed by atoms with Gasteiger partial charge in [0.05, 0.1) is 0 Å². The van der Waals surface area contributed by atoms with Gasteiger partial charge in [-0.25, -0.2) is 4.39 Å². The summed E-state index contributed by atoms with van der Waals surface area (Å²) < 4.78 is 12.6. The van der Waals surface area contributed by atoms with E-state index in [2.05, 4.69) is 18.7 Å². The van der Waals surface area contributed by atoms with Crippen molar-refractivity contribution in [1.29, 1.82) is 0 Å². The second-order valence-electron chi connectivity index (χ2n) is 3.09. The molecule has 13 heavy (non-hydrogen) atoms. The van der Waals surface area contributed by atoms with Gasteiger partial charge in [-0.2, -0.15) is 0 Å². The smallest absolute Gasteiger partial charge is 0.123 e. The van der Waals surface area contributed by atoms with Crippen molar-refractivity contribution in [3.05, 3.63) is 42.1 Å². The lowest BCUT2D eigenvalue weighted by atomic mass is 10.1. The van der Waals surface area contributed by atoms with Gasteiger partial charge in [-0.05, 0) is 37.6 Å². The second-order valence-corrected chi connectivity index (χ2v) is 3.09. The largest absolute Gasteiger partial charge is 0.310 e. The number of benzene rings is 1. The summed E-state index contributed by atoms with van der Waals surface area (Å²) in [7, 11) is 0. The lowest BCUT2D eigenvalue weighted by Crippen LogP contribution is -2.19. The Bertz CT molecular complexity index is 243. The van der Waals surface area contributed by atoms with Crippen molar-refractivity contribution in [2.24, 2.45) is 0 Å². The van der Waals surface area contributed by atoms with Gasteiger partial charge in [0.1, 0.15) is 5.82 Å². The molecule has 0 aromatic heterocycles. The van der Waals surface area contributed by atoms with Crippen molar-refractivity contribution >= 4 is 0 Å². The van der Waals surface area contributed by atoms with Crippen LogP contribution in [0.25, 0.3) is 0 Å². The third kappa shape index (κ3) is 3.15. The second kappa shape index (κ2) is 4.97. The zero-order chi connectivity index (χ0) is 9.68. The van der Waals surface area contributed by atoms with Gasteiger partial charge in [-0.3, -0.25) is 0 Å². The fourth-order valence-corrected chi connectivity index (χ4v) is 1.16. The molecule has 0 aliphatic rings. The van der Waals surface area contributed by atoms with Gasteiger partial charge in [0.15, 0.2) is 0 Å². The summed E-state index contributed by atoms with van der Waals surface area (Å²) in [5, 5.41) is 3.29. The van der Waals surface area contributed by atoms with E-state index in [1.807, 2.05) is 19.1 Å². The summed E-state index contributed by atoms with van der Waals surface area (Å²) in [6, 6.07) is 6.87. The van der Waals surface area contributed by atoms with Gasteiger partial charge in [0, 0.05) is 6.04 Å². The van der Waals surface area contributed by atoms with Crippen molar-refractivity contribution in [1.82, 2.24) is 5.32 Å². The van der Waals surface area contributed by atoms with Crippen LogP contribution >= 0.6 is 0 Å². The minimum absolute atomic E-state index is 0.182. The third-order valence-electron chi connectivity index (χ3n) is 2.00.